The number of ether oxygens (including phenoxy) is 1. The SMILES string of the molecule is O=C(COc1ccc(F)cc1C(=O)O)NC1CC1. The maximum Gasteiger partial charge on any atom is 0.339 e. The minimum absolute atomic E-state index is 0.0187. The molecule has 96 valence electrons. The highest BCUT2D eigenvalue weighted by Gasteiger charge is 2.23. The Labute approximate surface area is 103 Å². The van der Waals surface area contributed by atoms with Crippen LogP contribution in [0.1, 0.15) is 23.2 Å². The second-order valence-corrected chi connectivity index (χ2v) is 4.08. The molecule has 1 amide bonds. The topological polar surface area (TPSA) is 75.6 Å². The molecule has 0 spiro atoms. The summed E-state index contributed by atoms with van der Waals surface area (Å²) in [6.07, 6.45) is 1.92. The Morgan fingerprint density at radius 3 is 2.78 bits per heavy atom. The number of amides is 1. The first-order valence-electron chi connectivity index (χ1n) is 5.51. The summed E-state index contributed by atoms with van der Waals surface area (Å²) in [4.78, 5) is 22.2. The molecule has 0 aromatic heterocycles. The third-order valence-corrected chi connectivity index (χ3v) is 2.47. The number of carbonyl (C=O) groups is 2. The molecule has 0 atom stereocenters. The molecule has 1 saturated carbocycles. The number of carbonyl (C=O) groups excluding carboxylic acids is 1. The van der Waals surface area contributed by atoms with Crippen molar-refractivity contribution in [2.75, 3.05) is 6.61 Å². The molecule has 0 saturated heterocycles. The number of carboxylic acids is 1. The number of benzene rings is 1. The maximum atomic E-state index is 12.9. The van der Waals surface area contributed by atoms with E-state index in [9.17, 15) is 14.0 Å². The predicted molar refractivity (Wildman–Crippen MR) is 60.0 cm³/mol. The van der Waals surface area contributed by atoms with Gasteiger partial charge in [0.1, 0.15) is 17.1 Å². The Bertz CT molecular complexity index is 485. The normalized spacial score (nSPS) is 14.1. The first kappa shape index (κ1) is 12.3. The molecule has 0 radical (unpaired) electrons. The van der Waals surface area contributed by atoms with E-state index in [4.69, 9.17) is 9.84 Å². The van der Waals surface area contributed by atoms with Crippen molar-refractivity contribution in [3.63, 3.8) is 0 Å². The van der Waals surface area contributed by atoms with Gasteiger partial charge in [-0.05, 0) is 31.0 Å². The lowest BCUT2D eigenvalue weighted by Crippen LogP contribution is -2.30. The van der Waals surface area contributed by atoms with Crippen molar-refractivity contribution < 1.29 is 23.8 Å². The van der Waals surface area contributed by atoms with Gasteiger partial charge in [0.15, 0.2) is 6.61 Å². The van der Waals surface area contributed by atoms with Gasteiger partial charge in [0.05, 0.1) is 0 Å². The van der Waals surface area contributed by atoms with Crippen LogP contribution in [-0.2, 0) is 4.79 Å². The second kappa shape index (κ2) is 5.03. The van der Waals surface area contributed by atoms with Gasteiger partial charge in [0.2, 0.25) is 0 Å². The average Bonchev–Trinajstić information content (AvgIpc) is 3.11. The molecule has 0 unspecified atom stereocenters. The summed E-state index contributed by atoms with van der Waals surface area (Å²) < 4.78 is 18.0. The zero-order valence-corrected chi connectivity index (χ0v) is 9.48. The van der Waals surface area contributed by atoms with Crippen molar-refractivity contribution in [1.29, 1.82) is 0 Å². The van der Waals surface area contributed by atoms with Crippen LogP contribution in [-0.4, -0.2) is 29.6 Å². The summed E-state index contributed by atoms with van der Waals surface area (Å²) in [5, 5.41) is 11.6. The van der Waals surface area contributed by atoms with E-state index in [0.717, 1.165) is 25.0 Å². The van der Waals surface area contributed by atoms with Crippen LogP contribution >= 0.6 is 0 Å². The fourth-order valence-electron chi connectivity index (χ4n) is 1.44. The fourth-order valence-corrected chi connectivity index (χ4v) is 1.44. The maximum absolute atomic E-state index is 12.9. The van der Waals surface area contributed by atoms with Crippen LogP contribution in [0.5, 0.6) is 5.75 Å². The van der Waals surface area contributed by atoms with Crippen molar-refractivity contribution in [2.24, 2.45) is 0 Å². The number of hydrogen-bond acceptors (Lipinski definition) is 3. The summed E-state index contributed by atoms with van der Waals surface area (Å²) in [5.41, 5.74) is -0.297. The standard InChI is InChI=1S/C12H12FNO4/c13-7-1-4-10(9(5-7)12(16)17)18-6-11(15)14-8-2-3-8/h1,4-5,8H,2-3,6H2,(H,14,15)(H,16,17). The lowest BCUT2D eigenvalue weighted by molar-refractivity contribution is -0.123. The number of hydrogen-bond donors (Lipinski definition) is 2. The molecule has 1 aromatic carbocycles. The second-order valence-electron chi connectivity index (χ2n) is 4.08. The van der Waals surface area contributed by atoms with E-state index >= 15 is 0 Å². The molecule has 1 aliphatic carbocycles. The van der Waals surface area contributed by atoms with Gasteiger partial charge in [-0.25, -0.2) is 9.18 Å². The monoisotopic (exact) mass is 253 g/mol. The van der Waals surface area contributed by atoms with Gasteiger partial charge in [-0.1, -0.05) is 0 Å². The Hall–Kier alpha value is -2.11. The lowest BCUT2D eigenvalue weighted by Gasteiger charge is -2.09. The Kier molecular flexibility index (Phi) is 3.45. The summed E-state index contributed by atoms with van der Waals surface area (Å²) in [6.45, 7) is -0.275. The lowest BCUT2D eigenvalue weighted by atomic mass is 10.2. The summed E-state index contributed by atoms with van der Waals surface area (Å²) >= 11 is 0. The highest BCUT2D eigenvalue weighted by atomic mass is 19.1. The largest absolute Gasteiger partial charge is 0.483 e. The Morgan fingerprint density at radius 2 is 2.17 bits per heavy atom. The molecule has 1 aliphatic rings. The van der Waals surface area contributed by atoms with Crippen molar-refractivity contribution in [3.8, 4) is 5.75 Å². The van der Waals surface area contributed by atoms with Crippen LogP contribution in [0.4, 0.5) is 4.39 Å². The molecule has 6 heteroatoms. The van der Waals surface area contributed by atoms with Crippen molar-refractivity contribution in [2.45, 2.75) is 18.9 Å². The molecule has 2 N–H and O–H groups in total. The van der Waals surface area contributed by atoms with Crippen molar-refractivity contribution in [3.05, 3.63) is 29.6 Å². The van der Waals surface area contributed by atoms with E-state index in [-0.39, 0.29) is 29.9 Å². The van der Waals surface area contributed by atoms with E-state index in [2.05, 4.69) is 5.32 Å². The van der Waals surface area contributed by atoms with Gasteiger partial charge >= 0.3 is 5.97 Å². The molecule has 18 heavy (non-hydrogen) atoms. The summed E-state index contributed by atoms with van der Waals surface area (Å²) in [5.74, 6) is -2.29. The van der Waals surface area contributed by atoms with Crippen LogP contribution in [0.15, 0.2) is 18.2 Å². The van der Waals surface area contributed by atoms with Crippen molar-refractivity contribution >= 4 is 11.9 Å². The van der Waals surface area contributed by atoms with Gasteiger partial charge in [-0.3, -0.25) is 4.79 Å². The van der Waals surface area contributed by atoms with Crippen LogP contribution in [0.2, 0.25) is 0 Å². The van der Waals surface area contributed by atoms with E-state index < -0.39 is 11.8 Å². The minimum Gasteiger partial charge on any atom is -0.483 e. The first-order chi connectivity index (χ1) is 8.56. The van der Waals surface area contributed by atoms with Crippen LogP contribution in [0.25, 0.3) is 0 Å². The molecule has 2 rings (SSSR count). The fraction of sp³-hybridized carbons (Fsp3) is 0.333. The Morgan fingerprint density at radius 1 is 1.44 bits per heavy atom. The molecule has 0 heterocycles. The van der Waals surface area contributed by atoms with Gasteiger partial charge in [0.25, 0.3) is 5.91 Å². The van der Waals surface area contributed by atoms with E-state index in [1.165, 1.54) is 6.07 Å². The van der Waals surface area contributed by atoms with Crippen LogP contribution < -0.4 is 10.1 Å². The molecule has 0 aliphatic heterocycles. The quantitative estimate of drug-likeness (QED) is 0.826. The van der Waals surface area contributed by atoms with Gasteiger partial charge in [-0.2, -0.15) is 0 Å². The predicted octanol–water partition coefficient (Wildman–Crippen LogP) is 1.18. The molecular weight excluding hydrogens is 241 g/mol. The van der Waals surface area contributed by atoms with E-state index in [1.807, 2.05) is 0 Å². The van der Waals surface area contributed by atoms with Gasteiger partial charge in [0, 0.05) is 6.04 Å². The van der Waals surface area contributed by atoms with Crippen LogP contribution in [0, 0.1) is 5.82 Å². The molecule has 0 bridgehead atoms. The van der Waals surface area contributed by atoms with Crippen molar-refractivity contribution in [1.82, 2.24) is 5.32 Å². The Balaban J connectivity index is 1.99. The molecule has 1 fully saturated rings. The zero-order valence-electron chi connectivity index (χ0n) is 9.48. The van der Waals surface area contributed by atoms with E-state index in [1.54, 1.807) is 0 Å². The zero-order chi connectivity index (χ0) is 13.1. The molecular formula is C12H12FNO4. The summed E-state index contributed by atoms with van der Waals surface area (Å²) in [6, 6.07) is 3.36. The number of aromatic carboxylic acids is 1. The summed E-state index contributed by atoms with van der Waals surface area (Å²) in [7, 11) is 0. The highest BCUT2D eigenvalue weighted by Crippen LogP contribution is 2.20. The number of nitrogens with one attached hydrogen (secondary N) is 1. The number of carboxylic acid groups (broad SMARTS) is 1. The average molecular weight is 253 g/mol. The van der Waals surface area contributed by atoms with E-state index in [0.29, 0.717) is 0 Å². The van der Waals surface area contributed by atoms with Crippen LogP contribution in [0.3, 0.4) is 0 Å². The highest BCUT2D eigenvalue weighted by molar-refractivity contribution is 5.91. The number of rotatable bonds is 5. The van der Waals surface area contributed by atoms with Gasteiger partial charge in [-0.15, -0.1) is 0 Å². The minimum atomic E-state index is -1.30. The molecule has 5 nitrogen and oxygen atoms in total. The smallest absolute Gasteiger partial charge is 0.339 e. The molecule has 1 aromatic rings. The third kappa shape index (κ3) is 3.19. The third-order valence-electron chi connectivity index (χ3n) is 2.47. The first-order valence-corrected chi connectivity index (χ1v) is 5.51. The number of halogens is 1. The van der Waals surface area contributed by atoms with Gasteiger partial charge < -0.3 is 15.2 Å².